The van der Waals surface area contributed by atoms with Crippen molar-refractivity contribution in [3.63, 3.8) is 0 Å². The zero-order valence-electron chi connectivity index (χ0n) is 17.2. The number of imidazole rings is 1. The fraction of sp³-hybridized carbons (Fsp3) is 0.333. The Morgan fingerprint density at radius 1 is 1.07 bits per heavy atom. The number of aromatic nitrogens is 2. The standard InChI is InChI=1S/C21H27N5O2S.HI/c1-3-22-21(23-14-12-16-8-10-17(11-9-16)29(2,27)28)24-15-13-20-25-18-6-4-5-7-19(18)26-20;/h4-11H,3,12-15H2,1-2H3,(H,25,26)(H2,22,23,24);1H. The molecule has 0 radical (unpaired) electrons. The Hall–Kier alpha value is -2.14. The SMILES string of the molecule is CCNC(=NCCc1nc2ccccc2[nH]1)NCCc1ccc(S(C)(=O)=O)cc1.I. The normalized spacial score (nSPS) is 11.9. The largest absolute Gasteiger partial charge is 0.357 e. The van der Waals surface area contributed by atoms with Crippen LogP contribution in [0.4, 0.5) is 0 Å². The average Bonchev–Trinajstić information content (AvgIpc) is 3.10. The summed E-state index contributed by atoms with van der Waals surface area (Å²) < 4.78 is 23.1. The number of aromatic amines is 1. The van der Waals surface area contributed by atoms with Gasteiger partial charge in [0.1, 0.15) is 5.82 Å². The molecule has 0 spiro atoms. The van der Waals surface area contributed by atoms with E-state index < -0.39 is 9.84 Å². The summed E-state index contributed by atoms with van der Waals surface area (Å²) in [6.45, 7) is 4.13. The topological polar surface area (TPSA) is 99.2 Å². The van der Waals surface area contributed by atoms with Crippen LogP contribution in [0.5, 0.6) is 0 Å². The number of halogens is 1. The molecule has 0 aliphatic carbocycles. The smallest absolute Gasteiger partial charge is 0.191 e. The monoisotopic (exact) mass is 541 g/mol. The highest BCUT2D eigenvalue weighted by molar-refractivity contribution is 14.0. The molecule has 3 aromatic rings. The van der Waals surface area contributed by atoms with Gasteiger partial charge < -0.3 is 15.6 Å². The van der Waals surface area contributed by atoms with Gasteiger partial charge in [0.05, 0.1) is 15.9 Å². The third-order valence-electron chi connectivity index (χ3n) is 4.46. The first-order chi connectivity index (χ1) is 14.0. The first-order valence-corrected chi connectivity index (χ1v) is 11.6. The van der Waals surface area contributed by atoms with E-state index in [4.69, 9.17) is 0 Å². The molecule has 3 rings (SSSR count). The average molecular weight is 541 g/mol. The lowest BCUT2D eigenvalue weighted by Crippen LogP contribution is -2.38. The molecule has 0 atom stereocenters. The Morgan fingerprint density at radius 3 is 2.47 bits per heavy atom. The highest BCUT2D eigenvalue weighted by atomic mass is 127. The number of rotatable bonds is 8. The first-order valence-electron chi connectivity index (χ1n) is 9.70. The van der Waals surface area contributed by atoms with Crippen LogP contribution < -0.4 is 10.6 Å². The molecule has 30 heavy (non-hydrogen) atoms. The van der Waals surface area contributed by atoms with Crippen LogP contribution in [0, 0.1) is 0 Å². The summed E-state index contributed by atoms with van der Waals surface area (Å²) in [4.78, 5) is 12.8. The molecule has 0 saturated heterocycles. The molecule has 1 heterocycles. The third-order valence-corrected chi connectivity index (χ3v) is 5.59. The molecule has 162 valence electrons. The van der Waals surface area contributed by atoms with E-state index in [1.807, 2.05) is 43.3 Å². The summed E-state index contributed by atoms with van der Waals surface area (Å²) in [5, 5.41) is 6.56. The molecule has 0 amide bonds. The number of aliphatic imine (C=N–C) groups is 1. The minimum atomic E-state index is -3.16. The maximum absolute atomic E-state index is 11.5. The molecule has 0 aliphatic rings. The number of nitrogens with one attached hydrogen (secondary N) is 3. The van der Waals surface area contributed by atoms with E-state index in [1.54, 1.807) is 12.1 Å². The first kappa shape index (κ1) is 24.1. The number of hydrogen-bond acceptors (Lipinski definition) is 4. The van der Waals surface area contributed by atoms with Crippen LogP contribution in [0.2, 0.25) is 0 Å². The van der Waals surface area contributed by atoms with E-state index in [2.05, 4.69) is 25.6 Å². The molecular weight excluding hydrogens is 513 g/mol. The van der Waals surface area contributed by atoms with E-state index in [9.17, 15) is 8.42 Å². The van der Waals surface area contributed by atoms with Crippen LogP contribution in [-0.4, -0.2) is 50.2 Å². The van der Waals surface area contributed by atoms with Gasteiger partial charge in [-0.3, -0.25) is 4.99 Å². The lowest BCUT2D eigenvalue weighted by Gasteiger charge is -2.11. The van der Waals surface area contributed by atoms with E-state index in [0.717, 1.165) is 47.8 Å². The van der Waals surface area contributed by atoms with Crippen molar-refractivity contribution in [2.24, 2.45) is 4.99 Å². The molecule has 2 aromatic carbocycles. The Kier molecular flexibility index (Phi) is 9.09. The Balaban J connectivity index is 0.00000320. The predicted octanol–water partition coefficient (Wildman–Crippen LogP) is 2.92. The van der Waals surface area contributed by atoms with Crippen molar-refractivity contribution in [3.8, 4) is 0 Å². The summed E-state index contributed by atoms with van der Waals surface area (Å²) >= 11 is 0. The quantitative estimate of drug-likeness (QED) is 0.232. The Bertz CT molecular complexity index is 1050. The maximum Gasteiger partial charge on any atom is 0.191 e. The van der Waals surface area contributed by atoms with Crippen LogP contribution >= 0.6 is 24.0 Å². The van der Waals surface area contributed by atoms with Crippen molar-refractivity contribution >= 4 is 50.8 Å². The van der Waals surface area contributed by atoms with Crippen molar-refractivity contribution in [1.82, 2.24) is 20.6 Å². The lowest BCUT2D eigenvalue weighted by atomic mass is 10.1. The van der Waals surface area contributed by atoms with Gasteiger partial charge in [-0.25, -0.2) is 13.4 Å². The van der Waals surface area contributed by atoms with E-state index >= 15 is 0 Å². The summed E-state index contributed by atoms with van der Waals surface area (Å²) in [7, 11) is -3.16. The second kappa shape index (κ2) is 11.3. The fourth-order valence-corrected chi connectivity index (χ4v) is 3.60. The third kappa shape index (κ3) is 6.98. The highest BCUT2D eigenvalue weighted by Gasteiger charge is 2.06. The van der Waals surface area contributed by atoms with Gasteiger partial charge in [-0.05, 0) is 43.2 Å². The van der Waals surface area contributed by atoms with Crippen molar-refractivity contribution in [3.05, 3.63) is 59.9 Å². The van der Waals surface area contributed by atoms with E-state index in [0.29, 0.717) is 18.0 Å². The predicted molar refractivity (Wildman–Crippen MR) is 132 cm³/mol. The van der Waals surface area contributed by atoms with Gasteiger partial charge in [-0.1, -0.05) is 24.3 Å². The molecule has 3 N–H and O–H groups in total. The molecule has 0 bridgehead atoms. The van der Waals surface area contributed by atoms with Gasteiger partial charge in [0, 0.05) is 32.3 Å². The Morgan fingerprint density at radius 2 is 1.80 bits per heavy atom. The van der Waals surface area contributed by atoms with Crippen LogP contribution in [-0.2, 0) is 22.7 Å². The van der Waals surface area contributed by atoms with Gasteiger partial charge >= 0.3 is 0 Å². The zero-order chi connectivity index (χ0) is 20.7. The van der Waals surface area contributed by atoms with Crippen LogP contribution in [0.25, 0.3) is 11.0 Å². The number of hydrogen-bond donors (Lipinski definition) is 3. The van der Waals surface area contributed by atoms with Gasteiger partial charge in [0.15, 0.2) is 15.8 Å². The van der Waals surface area contributed by atoms with Crippen LogP contribution in [0.1, 0.15) is 18.3 Å². The van der Waals surface area contributed by atoms with Gasteiger partial charge in [0.2, 0.25) is 0 Å². The number of benzene rings is 2. The summed E-state index contributed by atoms with van der Waals surface area (Å²) in [6, 6.07) is 15.0. The fourth-order valence-electron chi connectivity index (χ4n) is 2.97. The molecule has 7 nitrogen and oxygen atoms in total. The second-order valence-electron chi connectivity index (χ2n) is 6.80. The number of sulfone groups is 1. The molecule has 0 aliphatic heterocycles. The van der Waals surface area contributed by atoms with E-state index in [1.165, 1.54) is 6.26 Å². The lowest BCUT2D eigenvalue weighted by molar-refractivity contribution is 0.602. The number of guanidine groups is 1. The number of fused-ring (bicyclic) bond motifs is 1. The van der Waals surface area contributed by atoms with E-state index in [-0.39, 0.29) is 24.0 Å². The Labute approximate surface area is 194 Å². The summed E-state index contributed by atoms with van der Waals surface area (Å²) in [5.41, 5.74) is 3.08. The second-order valence-corrected chi connectivity index (χ2v) is 8.82. The molecule has 0 fully saturated rings. The van der Waals surface area contributed by atoms with Gasteiger partial charge in [-0.2, -0.15) is 0 Å². The van der Waals surface area contributed by atoms with Crippen molar-refractivity contribution in [2.75, 3.05) is 25.9 Å². The number of para-hydroxylation sites is 2. The van der Waals surface area contributed by atoms with Gasteiger partial charge in [0.25, 0.3) is 0 Å². The molecule has 9 heteroatoms. The molecular formula is C21H28IN5O2S. The minimum Gasteiger partial charge on any atom is -0.357 e. The van der Waals surface area contributed by atoms with Crippen LogP contribution in [0.15, 0.2) is 58.4 Å². The van der Waals surface area contributed by atoms with Gasteiger partial charge in [-0.15, -0.1) is 24.0 Å². The molecule has 0 saturated carbocycles. The summed E-state index contributed by atoms with van der Waals surface area (Å²) in [6.07, 6.45) is 2.73. The van der Waals surface area contributed by atoms with Crippen molar-refractivity contribution in [1.29, 1.82) is 0 Å². The molecule has 0 unspecified atom stereocenters. The maximum atomic E-state index is 11.5. The highest BCUT2D eigenvalue weighted by Crippen LogP contribution is 2.11. The number of nitrogens with zero attached hydrogens (tertiary/aromatic N) is 2. The zero-order valence-corrected chi connectivity index (χ0v) is 20.3. The van der Waals surface area contributed by atoms with Crippen molar-refractivity contribution < 1.29 is 8.42 Å². The molecule has 1 aromatic heterocycles. The van der Waals surface area contributed by atoms with Crippen molar-refractivity contribution in [2.45, 2.75) is 24.7 Å². The summed E-state index contributed by atoms with van der Waals surface area (Å²) in [5.74, 6) is 1.69. The van der Waals surface area contributed by atoms with Crippen LogP contribution in [0.3, 0.4) is 0 Å². The number of H-pyrrole nitrogens is 1. The minimum absolute atomic E-state index is 0.